The van der Waals surface area contributed by atoms with Gasteiger partial charge in [0, 0.05) is 36.8 Å². The number of nitrogen functional groups attached to an aromatic ring is 1. The Morgan fingerprint density at radius 2 is 1.90 bits per heavy atom. The number of aromatic nitrogens is 2. The molecular formula is C27H25F5N6O2. The minimum Gasteiger partial charge on any atom is -0.399 e. The minimum atomic E-state index is -4.96. The summed E-state index contributed by atoms with van der Waals surface area (Å²) in [6.07, 6.45) is -3.55. The number of hydrogen-bond donors (Lipinski definition) is 2. The van der Waals surface area contributed by atoms with Gasteiger partial charge in [0.2, 0.25) is 11.8 Å². The number of carbonyl (C=O) groups excluding carboxylic acids is 2. The lowest BCUT2D eigenvalue weighted by atomic mass is 9.76. The fourth-order valence-corrected chi connectivity index (χ4v) is 5.47. The third-order valence-corrected chi connectivity index (χ3v) is 7.48. The zero-order valence-corrected chi connectivity index (χ0v) is 21.5. The molecule has 2 aliphatic rings. The summed E-state index contributed by atoms with van der Waals surface area (Å²) >= 11 is 0. The van der Waals surface area contributed by atoms with Gasteiger partial charge in [-0.2, -0.15) is 13.2 Å². The average Bonchev–Trinajstić information content (AvgIpc) is 3.34. The largest absolute Gasteiger partial charge is 0.419 e. The number of likely N-dealkylation sites (tertiary alicyclic amines) is 1. The van der Waals surface area contributed by atoms with Crippen LogP contribution in [0.15, 0.2) is 42.7 Å². The number of alkyl halides is 3. The van der Waals surface area contributed by atoms with E-state index in [1.54, 1.807) is 6.07 Å². The summed E-state index contributed by atoms with van der Waals surface area (Å²) in [4.78, 5) is 37.6. The van der Waals surface area contributed by atoms with Gasteiger partial charge in [-0.15, -0.1) is 0 Å². The molecule has 0 aliphatic carbocycles. The Morgan fingerprint density at radius 1 is 1.18 bits per heavy atom. The molecule has 2 aliphatic heterocycles. The van der Waals surface area contributed by atoms with E-state index in [9.17, 15) is 31.5 Å². The Bertz CT molecular complexity index is 1510. The van der Waals surface area contributed by atoms with E-state index in [0.29, 0.717) is 17.3 Å². The third kappa shape index (κ3) is 4.48. The maximum absolute atomic E-state index is 15.0. The molecule has 1 spiro atoms. The SMILES string of the molecule is CC(=O)N1CCC2(C1)C(=O)N(c1ccccc1F)Cc1c(N[C@H](C)c3cc(N)cc(C(F)(F)F)c3F)ncnc12. The van der Waals surface area contributed by atoms with Crippen LogP contribution in [0.25, 0.3) is 0 Å². The van der Waals surface area contributed by atoms with Gasteiger partial charge >= 0.3 is 6.18 Å². The highest BCUT2D eigenvalue weighted by atomic mass is 19.4. The lowest BCUT2D eigenvalue weighted by Crippen LogP contribution is -2.54. The Balaban J connectivity index is 1.61. The molecule has 8 nitrogen and oxygen atoms in total. The number of fused-ring (bicyclic) bond motifs is 2. The number of nitrogens with two attached hydrogens (primary N) is 1. The maximum atomic E-state index is 15.0. The van der Waals surface area contributed by atoms with Crippen molar-refractivity contribution in [2.45, 2.75) is 44.4 Å². The highest BCUT2D eigenvalue weighted by Crippen LogP contribution is 2.45. The minimum absolute atomic E-state index is 0.00388. The summed E-state index contributed by atoms with van der Waals surface area (Å²) in [6, 6.07) is 6.31. The molecule has 210 valence electrons. The monoisotopic (exact) mass is 560 g/mol. The van der Waals surface area contributed by atoms with Gasteiger partial charge in [0.15, 0.2) is 0 Å². The lowest BCUT2D eigenvalue weighted by molar-refractivity contribution is -0.140. The van der Waals surface area contributed by atoms with E-state index >= 15 is 0 Å². The predicted octanol–water partition coefficient (Wildman–Crippen LogP) is 4.57. The van der Waals surface area contributed by atoms with Crippen molar-refractivity contribution in [3.05, 3.63) is 76.7 Å². The van der Waals surface area contributed by atoms with Crippen LogP contribution in [0, 0.1) is 11.6 Å². The molecule has 1 saturated heterocycles. The van der Waals surface area contributed by atoms with Crippen molar-refractivity contribution in [2.24, 2.45) is 0 Å². The summed E-state index contributed by atoms with van der Waals surface area (Å²) in [5.41, 5.74) is 2.96. The van der Waals surface area contributed by atoms with E-state index in [1.165, 1.54) is 48.2 Å². The first kappa shape index (κ1) is 27.3. The summed E-state index contributed by atoms with van der Waals surface area (Å²) in [6.45, 7) is 2.93. The fourth-order valence-electron chi connectivity index (χ4n) is 5.47. The van der Waals surface area contributed by atoms with Crippen LogP contribution < -0.4 is 16.0 Å². The first-order valence-corrected chi connectivity index (χ1v) is 12.4. The molecule has 1 unspecified atom stereocenters. The number of nitrogens with one attached hydrogen (secondary N) is 1. The van der Waals surface area contributed by atoms with Crippen LogP contribution >= 0.6 is 0 Å². The van der Waals surface area contributed by atoms with Crippen molar-refractivity contribution in [1.29, 1.82) is 0 Å². The third-order valence-electron chi connectivity index (χ3n) is 7.48. The van der Waals surface area contributed by atoms with Crippen LogP contribution in [0.2, 0.25) is 0 Å². The zero-order chi connectivity index (χ0) is 29.0. The molecule has 2 atom stereocenters. The van der Waals surface area contributed by atoms with Crippen molar-refractivity contribution in [3.8, 4) is 0 Å². The van der Waals surface area contributed by atoms with E-state index in [2.05, 4.69) is 15.3 Å². The molecule has 2 amide bonds. The fraction of sp³-hybridized carbons (Fsp3) is 0.333. The number of hydrogen-bond acceptors (Lipinski definition) is 6. The molecule has 0 radical (unpaired) electrons. The van der Waals surface area contributed by atoms with Crippen molar-refractivity contribution >= 4 is 29.0 Å². The van der Waals surface area contributed by atoms with Crippen LogP contribution in [-0.4, -0.2) is 39.8 Å². The van der Waals surface area contributed by atoms with Crippen molar-refractivity contribution in [1.82, 2.24) is 14.9 Å². The second kappa shape index (κ2) is 9.72. The number of rotatable bonds is 4. The van der Waals surface area contributed by atoms with Crippen LogP contribution in [0.4, 0.5) is 39.1 Å². The average molecular weight is 561 g/mol. The molecule has 13 heteroatoms. The molecule has 0 bridgehead atoms. The van der Waals surface area contributed by atoms with Gasteiger partial charge in [-0.25, -0.2) is 18.7 Å². The van der Waals surface area contributed by atoms with Crippen molar-refractivity contribution < 1.29 is 31.5 Å². The molecule has 5 rings (SSSR count). The van der Waals surface area contributed by atoms with Crippen molar-refractivity contribution in [3.63, 3.8) is 0 Å². The summed E-state index contributed by atoms with van der Waals surface area (Å²) < 4.78 is 70.2. The lowest BCUT2D eigenvalue weighted by Gasteiger charge is -2.40. The summed E-state index contributed by atoms with van der Waals surface area (Å²) in [5.74, 6) is -2.67. The molecule has 40 heavy (non-hydrogen) atoms. The smallest absolute Gasteiger partial charge is 0.399 e. The van der Waals surface area contributed by atoms with Gasteiger partial charge in [0.1, 0.15) is 29.2 Å². The van der Waals surface area contributed by atoms with E-state index in [0.717, 1.165) is 6.07 Å². The van der Waals surface area contributed by atoms with Crippen LogP contribution in [0.3, 0.4) is 0 Å². The maximum Gasteiger partial charge on any atom is 0.419 e. The molecule has 3 N–H and O–H groups in total. The van der Waals surface area contributed by atoms with Gasteiger partial charge in [-0.05, 0) is 37.6 Å². The standard InChI is InChI=1S/C27H25F5N6O2/c1-14(17-9-16(33)10-19(22(17)29)27(30,31)32)36-24-18-11-38(21-6-4-3-5-20(21)28)25(40)26(23(18)34-13-35-24)7-8-37(12-26)15(2)39/h3-6,9-10,13-14H,7-8,11-12,33H2,1-2H3,(H,34,35,36)/t14-,26?/m1/s1. The van der Waals surface area contributed by atoms with E-state index in [-0.39, 0.29) is 54.7 Å². The van der Waals surface area contributed by atoms with Crippen molar-refractivity contribution in [2.75, 3.05) is 29.0 Å². The summed E-state index contributed by atoms with van der Waals surface area (Å²) in [7, 11) is 0. The first-order chi connectivity index (χ1) is 18.8. The van der Waals surface area contributed by atoms with Crippen LogP contribution in [-0.2, 0) is 27.7 Å². The number of halogens is 5. The summed E-state index contributed by atoms with van der Waals surface area (Å²) in [5, 5.41) is 2.95. The molecule has 1 aromatic heterocycles. The number of nitrogens with zero attached hydrogens (tertiary/aromatic N) is 4. The Labute approximate surface area is 226 Å². The normalized spacial score (nSPS) is 19.6. The number of anilines is 3. The van der Waals surface area contributed by atoms with E-state index in [1.807, 2.05) is 0 Å². The van der Waals surface area contributed by atoms with Gasteiger partial charge in [0.25, 0.3) is 0 Å². The van der Waals surface area contributed by atoms with Gasteiger partial charge in [-0.3, -0.25) is 9.59 Å². The number of benzene rings is 2. The second-order valence-corrected chi connectivity index (χ2v) is 10.0. The molecule has 3 heterocycles. The van der Waals surface area contributed by atoms with E-state index in [4.69, 9.17) is 5.73 Å². The molecule has 3 aromatic rings. The Morgan fingerprint density at radius 3 is 2.55 bits per heavy atom. The van der Waals surface area contributed by atoms with Gasteiger partial charge < -0.3 is 20.9 Å². The number of carbonyl (C=O) groups is 2. The second-order valence-electron chi connectivity index (χ2n) is 10.0. The van der Waals surface area contributed by atoms with Gasteiger partial charge in [0.05, 0.1) is 29.5 Å². The first-order valence-electron chi connectivity index (χ1n) is 12.4. The molecule has 0 saturated carbocycles. The number of amides is 2. The topological polar surface area (TPSA) is 104 Å². The highest BCUT2D eigenvalue weighted by molar-refractivity contribution is 6.04. The molecule has 1 fully saturated rings. The molecular weight excluding hydrogens is 535 g/mol. The molecule has 2 aromatic carbocycles. The zero-order valence-electron chi connectivity index (χ0n) is 21.5. The Hall–Kier alpha value is -4.29. The number of para-hydroxylation sites is 1. The quantitative estimate of drug-likeness (QED) is 0.358. The van der Waals surface area contributed by atoms with Crippen LogP contribution in [0.1, 0.15) is 48.7 Å². The van der Waals surface area contributed by atoms with Crippen LogP contribution in [0.5, 0.6) is 0 Å². The predicted molar refractivity (Wildman–Crippen MR) is 136 cm³/mol. The van der Waals surface area contributed by atoms with E-state index < -0.39 is 40.7 Å². The van der Waals surface area contributed by atoms with Gasteiger partial charge in [-0.1, -0.05) is 12.1 Å². The highest BCUT2D eigenvalue weighted by Gasteiger charge is 2.54. The Kier molecular flexibility index (Phi) is 6.63.